The topological polar surface area (TPSA) is 117 Å². The molecule has 1 N–H and O–H groups in total. The van der Waals surface area contributed by atoms with E-state index < -0.39 is 11.9 Å². The summed E-state index contributed by atoms with van der Waals surface area (Å²) in [5.41, 5.74) is 6.55. The molecule has 0 spiro atoms. The van der Waals surface area contributed by atoms with Crippen LogP contribution in [0.1, 0.15) is 45.5 Å². The third-order valence-corrected chi connectivity index (χ3v) is 10.6. The fraction of sp³-hybridized carbons (Fsp3) is 0.366. The van der Waals surface area contributed by atoms with Crippen LogP contribution in [0.5, 0.6) is 46.0 Å². The third kappa shape index (κ3) is 6.80. The zero-order valence-electron chi connectivity index (χ0n) is 31.2. The van der Waals surface area contributed by atoms with Crippen molar-refractivity contribution >= 4 is 17.6 Å². The molecule has 4 aromatic carbocycles. The average Bonchev–Trinajstić information content (AvgIpc) is 3.17. The average molecular weight is 724 g/mol. The van der Waals surface area contributed by atoms with Crippen LogP contribution >= 0.6 is 0 Å². The van der Waals surface area contributed by atoms with Gasteiger partial charge in [-0.2, -0.15) is 0 Å². The molecule has 6 bridgehead atoms. The van der Waals surface area contributed by atoms with E-state index in [-0.39, 0.29) is 12.1 Å². The first-order valence-corrected chi connectivity index (χ1v) is 17.6. The summed E-state index contributed by atoms with van der Waals surface area (Å²) < 4.78 is 41.9. The Labute approximate surface area is 309 Å². The Balaban J connectivity index is 1.48. The first kappa shape index (κ1) is 35.9. The van der Waals surface area contributed by atoms with Crippen molar-refractivity contribution in [2.24, 2.45) is 0 Å². The molecule has 1 amide bonds. The maximum Gasteiger partial charge on any atom is 0.396 e. The molecule has 0 saturated carbocycles. The zero-order chi connectivity index (χ0) is 37.4. The Morgan fingerprint density at radius 1 is 0.698 bits per heavy atom. The van der Waals surface area contributed by atoms with E-state index in [4.69, 9.17) is 33.2 Å². The summed E-state index contributed by atoms with van der Waals surface area (Å²) in [7, 11) is 11.8. The SMILES string of the molecule is COC(=O)C(=O)Nc1cc(OC)c2cc1C[C@H]1c3c(cc(OC)c(OC)c3Oc3cc4c(cc3OC)CCN(C)[C@H]4Cc3ccc(cc3)O2)CCN1C. The predicted molar refractivity (Wildman–Crippen MR) is 198 cm³/mol. The van der Waals surface area contributed by atoms with Gasteiger partial charge in [0.25, 0.3) is 0 Å². The van der Waals surface area contributed by atoms with Gasteiger partial charge in [0.1, 0.15) is 5.75 Å². The van der Waals surface area contributed by atoms with Crippen molar-refractivity contribution in [1.29, 1.82) is 0 Å². The summed E-state index contributed by atoms with van der Waals surface area (Å²) in [5, 5.41) is 2.75. The maximum atomic E-state index is 12.9. The number of benzene rings is 4. The van der Waals surface area contributed by atoms with Crippen molar-refractivity contribution in [3.05, 3.63) is 88.0 Å². The Hall–Kier alpha value is -5.46. The highest BCUT2D eigenvalue weighted by atomic mass is 16.5. The smallest absolute Gasteiger partial charge is 0.396 e. The fourth-order valence-corrected chi connectivity index (χ4v) is 7.73. The van der Waals surface area contributed by atoms with Crippen LogP contribution in [0.25, 0.3) is 0 Å². The number of rotatable bonds is 5. The van der Waals surface area contributed by atoms with Gasteiger partial charge in [0.2, 0.25) is 5.75 Å². The predicted octanol–water partition coefficient (Wildman–Crippen LogP) is 6.27. The van der Waals surface area contributed by atoms with Gasteiger partial charge >= 0.3 is 11.9 Å². The molecule has 12 heteroatoms. The third-order valence-electron chi connectivity index (χ3n) is 10.6. The quantitative estimate of drug-likeness (QED) is 0.185. The van der Waals surface area contributed by atoms with E-state index in [1.807, 2.05) is 24.3 Å². The van der Waals surface area contributed by atoms with Gasteiger partial charge in [-0.3, -0.25) is 14.6 Å². The molecule has 0 fully saturated rings. The molecule has 2 atom stereocenters. The Morgan fingerprint density at radius 3 is 2.02 bits per heavy atom. The standard InChI is InChI=1S/C41H45N3O9/c1-43-14-12-24-18-32(47-3)35-21-28(24)30(43)16-23-8-10-27(11-9-23)52-34-20-26(29(22-33(34)48-4)42-40(45)41(46)51-7)17-31-37-25(13-15-44(31)2)19-36(49-5)38(50-6)39(37)53-35/h8-11,18-22,30-31H,12-17H2,1-7H3,(H,42,45)/t30-,31-/m0/s1. The van der Waals surface area contributed by atoms with Gasteiger partial charge in [0, 0.05) is 42.5 Å². The monoisotopic (exact) mass is 723 g/mol. The molecule has 4 aliphatic rings. The lowest BCUT2D eigenvalue weighted by Gasteiger charge is -2.37. The molecule has 4 aliphatic heterocycles. The number of methoxy groups -OCH3 is 5. The van der Waals surface area contributed by atoms with E-state index in [0.717, 1.165) is 56.2 Å². The lowest BCUT2D eigenvalue weighted by molar-refractivity contribution is -0.150. The Morgan fingerprint density at radius 2 is 1.34 bits per heavy atom. The fourth-order valence-electron chi connectivity index (χ4n) is 7.73. The zero-order valence-corrected chi connectivity index (χ0v) is 31.2. The van der Waals surface area contributed by atoms with Crippen LogP contribution in [0, 0.1) is 0 Å². The number of hydrogen-bond donors (Lipinski definition) is 1. The minimum absolute atomic E-state index is 0.0908. The molecular formula is C41H45N3O9. The first-order chi connectivity index (χ1) is 25.7. The molecule has 0 saturated heterocycles. The number of carbonyl (C=O) groups excluding carboxylic acids is 2. The van der Waals surface area contributed by atoms with Gasteiger partial charge in [0.15, 0.2) is 34.5 Å². The van der Waals surface area contributed by atoms with Gasteiger partial charge in [-0.25, -0.2) is 4.79 Å². The van der Waals surface area contributed by atoms with Gasteiger partial charge < -0.3 is 38.5 Å². The van der Waals surface area contributed by atoms with Crippen LogP contribution < -0.4 is 33.7 Å². The Bertz CT molecular complexity index is 2050. The molecule has 278 valence electrons. The minimum Gasteiger partial charge on any atom is -0.493 e. The number of ether oxygens (including phenoxy) is 7. The second-order valence-corrected chi connectivity index (χ2v) is 13.6. The summed E-state index contributed by atoms with van der Waals surface area (Å²) in [4.78, 5) is 29.8. The van der Waals surface area contributed by atoms with E-state index in [1.165, 1.54) is 18.2 Å². The van der Waals surface area contributed by atoms with E-state index in [0.29, 0.717) is 63.7 Å². The van der Waals surface area contributed by atoms with Gasteiger partial charge in [0.05, 0.1) is 35.5 Å². The van der Waals surface area contributed by atoms with Crippen molar-refractivity contribution in [2.75, 3.05) is 68.1 Å². The van der Waals surface area contributed by atoms with E-state index in [1.54, 1.807) is 27.4 Å². The summed E-state index contributed by atoms with van der Waals surface area (Å²) in [6, 6.07) is 17.6. The molecule has 53 heavy (non-hydrogen) atoms. The van der Waals surface area contributed by atoms with Crippen LogP contribution in [0.2, 0.25) is 0 Å². The maximum absolute atomic E-state index is 12.9. The molecule has 0 unspecified atom stereocenters. The molecular weight excluding hydrogens is 678 g/mol. The van der Waals surface area contributed by atoms with Crippen LogP contribution in [0.3, 0.4) is 0 Å². The molecule has 4 aromatic rings. The van der Waals surface area contributed by atoms with Crippen LogP contribution in [0.4, 0.5) is 5.69 Å². The summed E-state index contributed by atoms with van der Waals surface area (Å²) >= 11 is 0. The van der Waals surface area contributed by atoms with Crippen molar-refractivity contribution in [2.45, 2.75) is 37.8 Å². The number of esters is 1. The lowest BCUT2D eigenvalue weighted by Crippen LogP contribution is -2.34. The summed E-state index contributed by atoms with van der Waals surface area (Å²) in [5.74, 6) is 2.23. The molecule has 0 radical (unpaired) electrons. The van der Waals surface area contributed by atoms with E-state index in [9.17, 15) is 9.59 Å². The van der Waals surface area contributed by atoms with E-state index >= 15 is 0 Å². The number of anilines is 1. The highest BCUT2D eigenvalue weighted by Gasteiger charge is 2.35. The number of hydrogen-bond acceptors (Lipinski definition) is 11. The van der Waals surface area contributed by atoms with Gasteiger partial charge in [-0.05, 0) is 104 Å². The van der Waals surface area contributed by atoms with Crippen LogP contribution in [-0.4, -0.2) is 84.4 Å². The van der Waals surface area contributed by atoms with Crippen molar-refractivity contribution < 1.29 is 42.7 Å². The van der Waals surface area contributed by atoms with Gasteiger partial charge in [-0.1, -0.05) is 12.1 Å². The summed E-state index contributed by atoms with van der Waals surface area (Å²) in [6.07, 6.45) is 2.75. The number of carbonyl (C=O) groups is 2. The molecule has 0 aromatic heterocycles. The highest BCUT2D eigenvalue weighted by Crippen LogP contribution is 2.52. The normalized spacial score (nSPS) is 17.9. The molecule has 8 rings (SSSR count). The highest BCUT2D eigenvalue weighted by molar-refractivity contribution is 6.37. The van der Waals surface area contributed by atoms with Crippen molar-refractivity contribution in [3.8, 4) is 46.0 Å². The van der Waals surface area contributed by atoms with Crippen molar-refractivity contribution in [1.82, 2.24) is 9.80 Å². The van der Waals surface area contributed by atoms with Crippen molar-refractivity contribution in [3.63, 3.8) is 0 Å². The van der Waals surface area contributed by atoms with Crippen LogP contribution in [-0.2, 0) is 40.0 Å². The minimum atomic E-state index is -1.02. The second kappa shape index (κ2) is 14.9. The second-order valence-electron chi connectivity index (χ2n) is 13.6. The van der Waals surface area contributed by atoms with E-state index in [2.05, 4.69) is 53.5 Å². The summed E-state index contributed by atoms with van der Waals surface area (Å²) in [6.45, 7) is 1.64. The van der Waals surface area contributed by atoms with Gasteiger partial charge in [-0.15, -0.1) is 0 Å². The number of nitrogens with one attached hydrogen (secondary N) is 1. The largest absolute Gasteiger partial charge is 0.493 e. The first-order valence-electron chi connectivity index (χ1n) is 17.6. The molecule has 12 nitrogen and oxygen atoms in total. The lowest BCUT2D eigenvalue weighted by atomic mass is 9.86. The number of likely N-dealkylation sites (N-methyl/N-ethyl adjacent to an activating group) is 2. The Kier molecular flexibility index (Phi) is 10.1. The number of amides is 1. The number of nitrogens with zero attached hydrogens (tertiary/aromatic N) is 2. The number of fused-ring (bicyclic) bond motifs is 2. The van der Waals surface area contributed by atoms with Crippen LogP contribution in [0.15, 0.2) is 54.6 Å². The molecule has 4 heterocycles. The molecule has 0 aliphatic carbocycles.